The highest BCUT2D eigenvalue weighted by Crippen LogP contribution is 2.26. The Morgan fingerprint density at radius 3 is 2.76 bits per heavy atom. The van der Waals surface area contributed by atoms with Crippen molar-refractivity contribution in [2.75, 3.05) is 19.3 Å². The molecule has 0 spiro atoms. The van der Waals surface area contributed by atoms with E-state index in [1.54, 1.807) is 12.1 Å². The van der Waals surface area contributed by atoms with Crippen LogP contribution < -0.4 is 0 Å². The van der Waals surface area contributed by atoms with E-state index in [0.29, 0.717) is 17.5 Å². The molecule has 0 aliphatic carbocycles. The lowest BCUT2D eigenvalue weighted by atomic mass is 10.4. The van der Waals surface area contributed by atoms with Crippen molar-refractivity contribution >= 4 is 30.9 Å². The molecule has 3 heterocycles. The third-order valence-electron chi connectivity index (χ3n) is 3.61. The van der Waals surface area contributed by atoms with Crippen LogP contribution >= 0.6 is 0 Å². The molecule has 8 nitrogen and oxygen atoms in total. The van der Waals surface area contributed by atoms with E-state index >= 15 is 0 Å². The van der Waals surface area contributed by atoms with E-state index < -0.39 is 25.1 Å². The summed E-state index contributed by atoms with van der Waals surface area (Å²) >= 11 is 0. The smallest absolute Gasteiger partial charge is 0.260 e. The van der Waals surface area contributed by atoms with Gasteiger partial charge in [0, 0.05) is 25.5 Å². The molecule has 0 saturated carbocycles. The molecule has 21 heavy (non-hydrogen) atoms. The molecule has 0 amide bonds. The van der Waals surface area contributed by atoms with Crippen LogP contribution in [0.25, 0.3) is 11.0 Å². The van der Waals surface area contributed by atoms with E-state index in [1.165, 1.54) is 10.5 Å². The molecule has 1 atom stereocenters. The Morgan fingerprint density at radius 1 is 1.33 bits per heavy atom. The minimum Gasteiger partial charge on any atom is -0.263 e. The molecule has 0 radical (unpaired) electrons. The van der Waals surface area contributed by atoms with Crippen LogP contribution in [0.2, 0.25) is 0 Å². The van der Waals surface area contributed by atoms with Gasteiger partial charge in [0.15, 0.2) is 20.5 Å². The van der Waals surface area contributed by atoms with E-state index in [-0.39, 0.29) is 18.1 Å². The van der Waals surface area contributed by atoms with Gasteiger partial charge in [0.25, 0.3) is 10.0 Å². The van der Waals surface area contributed by atoms with Crippen LogP contribution in [0.5, 0.6) is 0 Å². The van der Waals surface area contributed by atoms with Crippen LogP contribution in [0.15, 0.2) is 23.4 Å². The number of sulfonamides is 1. The van der Waals surface area contributed by atoms with Crippen molar-refractivity contribution in [1.29, 1.82) is 0 Å². The quantitative estimate of drug-likeness (QED) is 0.831. The Hall–Kier alpha value is -1.52. The molecule has 1 saturated heterocycles. The summed E-state index contributed by atoms with van der Waals surface area (Å²) in [5.74, 6) is 0. The van der Waals surface area contributed by atoms with Gasteiger partial charge in [0.2, 0.25) is 0 Å². The number of rotatable bonds is 3. The summed E-state index contributed by atoms with van der Waals surface area (Å²) in [5, 5.41) is 6.06. The highest BCUT2D eigenvalue weighted by atomic mass is 32.2. The first-order valence-electron chi connectivity index (χ1n) is 6.28. The van der Waals surface area contributed by atoms with Crippen LogP contribution in [-0.4, -0.2) is 60.9 Å². The molecule has 1 aliphatic rings. The Labute approximate surface area is 122 Å². The lowest BCUT2D eigenvalue weighted by Crippen LogP contribution is -2.32. The van der Waals surface area contributed by atoms with Crippen LogP contribution in [0.4, 0.5) is 0 Å². The van der Waals surface area contributed by atoms with Gasteiger partial charge in [-0.3, -0.25) is 5.10 Å². The topological polar surface area (TPSA) is 113 Å². The Balaban J connectivity index is 1.99. The van der Waals surface area contributed by atoms with Gasteiger partial charge in [-0.25, -0.2) is 21.8 Å². The molecular formula is C11H14N4O4S2. The zero-order valence-corrected chi connectivity index (χ0v) is 12.9. The summed E-state index contributed by atoms with van der Waals surface area (Å²) in [6.07, 6.45) is 2.96. The summed E-state index contributed by atoms with van der Waals surface area (Å²) < 4.78 is 49.5. The average Bonchev–Trinajstić information content (AvgIpc) is 3.05. The maximum absolute atomic E-state index is 12.6. The van der Waals surface area contributed by atoms with Crippen molar-refractivity contribution in [3.8, 4) is 0 Å². The number of pyridine rings is 1. The second-order valence-electron chi connectivity index (χ2n) is 5.03. The Bertz CT molecular complexity index is 888. The minimum absolute atomic E-state index is 0.0259. The molecule has 0 aromatic carbocycles. The summed E-state index contributed by atoms with van der Waals surface area (Å²) in [5.41, 5.74) is 0.315. The molecule has 1 aliphatic heterocycles. The van der Waals surface area contributed by atoms with Gasteiger partial charge in [-0.2, -0.15) is 9.40 Å². The number of hydrogen-bond acceptors (Lipinski definition) is 6. The normalized spacial score (nSPS) is 21.1. The largest absolute Gasteiger partial charge is 0.263 e. The average molecular weight is 330 g/mol. The van der Waals surface area contributed by atoms with Crippen molar-refractivity contribution in [3.63, 3.8) is 0 Å². The molecule has 1 fully saturated rings. The first-order chi connectivity index (χ1) is 9.80. The molecule has 2 aromatic rings. The monoisotopic (exact) mass is 330 g/mol. The number of hydrogen-bond donors (Lipinski definition) is 1. The van der Waals surface area contributed by atoms with Crippen molar-refractivity contribution in [2.45, 2.75) is 16.7 Å². The summed E-state index contributed by atoms with van der Waals surface area (Å²) in [6.45, 7) is 0.156. The van der Waals surface area contributed by atoms with E-state index in [1.807, 2.05) is 0 Å². The third kappa shape index (κ3) is 2.43. The van der Waals surface area contributed by atoms with Gasteiger partial charge >= 0.3 is 0 Å². The van der Waals surface area contributed by atoms with Crippen LogP contribution in [0, 0.1) is 0 Å². The van der Waals surface area contributed by atoms with Crippen molar-refractivity contribution in [1.82, 2.24) is 19.5 Å². The molecule has 1 N–H and O–H groups in total. The standard InChI is InChI=1S/C11H14N4O4S2/c1-20(16,17)8-4-6-15(7-8)21(18,19)11-9-3-2-5-12-10(9)13-14-11/h2-3,5,8H,4,6-7H2,1H3,(H,12,13,14)/t8-/m0/s1. The predicted molar refractivity (Wildman–Crippen MR) is 75.9 cm³/mol. The first kappa shape index (κ1) is 14.4. The van der Waals surface area contributed by atoms with E-state index in [9.17, 15) is 16.8 Å². The molecule has 10 heteroatoms. The fourth-order valence-corrected chi connectivity index (χ4v) is 5.08. The second kappa shape index (κ2) is 4.75. The molecule has 3 rings (SSSR count). The molecular weight excluding hydrogens is 316 g/mol. The summed E-state index contributed by atoms with van der Waals surface area (Å²) in [4.78, 5) is 3.97. The van der Waals surface area contributed by atoms with Gasteiger partial charge < -0.3 is 0 Å². The Kier molecular flexibility index (Phi) is 3.26. The number of sulfone groups is 1. The molecule has 0 unspecified atom stereocenters. The number of nitrogens with one attached hydrogen (secondary N) is 1. The minimum atomic E-state index is -3.80. The summed E-state index contributed by atoms with van der Waals surface area (Å²) in [6, 6.07) is 3.24. The molecule has 2 aromatic heterocycles. The van der Waals surface area contributed by atoms with Crippen molar-refractivity contribution < 1.29 is 16.8 Å². The zero-order chi connectivity index (χ0) is 15.3. The highest BCUT2D eigenvalue weighted by Gasteiger charge is 2.38. The number of aromatic nitrogens is 3. The number of aromatic amines is 1. The van der Waals surface area contributed by atoms with Gasteiger partial charge in [0.05, 0.1) is 10.6 Å². The number of fused-ring (bicyclic) bond motifs is 1. The fourth-order valence-electron chi connectivity index (χ4n) is 2.42. The third-order valence-corrected chi connectivity index (χ3v) is 7.04. The molecule has 114 valence electrons. The van der Waals surface area contributed by atoms with Gasteiger partial charge in [-0.05, 0) is 18.6 Å². The maximum atomic E-state index is 12.6. The van der Waals surface area contributed by atoms with E-state index in [0.717, 1.165) is 6.26 Å². The Morgan fingerprint density at radius 2 is 2.10 bits per heavy atom. The molecule has 0 bridgehead atoms. The lowest BCUT2D eigenvalue weighted by molar-refractivity contribution is 0.474. The van der Waals surface area contributed by atoms with Crippen molar-refractivity contribution in [3.05, 3.63) is 18.3 Å². The highest BCUT2D eigenvalue weighted by molar-refractivity contribution is 7.91. The summed E-state index contributed by atoms with van der Waals surface area (Å²) in [7, 11) is -7.06. The van der Waals surface area contributed by atoms with Crippen LogP contribution in [0.3, 0.4) is 0 Å². The fraction of sp³-hybridized carbons (Fsp3) is 0.455. The van der Waals surface area contributed by atoms with E-state index in [2.05, 4.69) is 15.2 Å². The van der Waals surface area contributed by atoms with Gasteiger partial charge in [-0.15, -0.1) is 0 Å². The van der Waals surface area contributed by atoms with Gasteiger partial charge in [-0.1, -0.05) is 0 Å². The second-order valence-corrected chi connectivity index (χ2v) is 9.23. The van der Waals surface area contributed by atoms with Crippen LogP contribution in [-0.2, 0) is 19.9 Å². The predicted octanol–water partition coefficient (Wildman–Crippen LogP) is -0.234. The maximum Gasteiger partial charge on any atom is 0.260 e. The van der Waals surface area contributed by atoms with Crippen LogP contribution in [0.1, 0.15) is 6.42 Å². The SMILES string of the molecule is CS(=O)(=O)[C@H]1CCN(S(=O)(=O)c2[nH]nc3ncccc23)C1. The zero-order valence-electron chi connectivity index (χ0n) is 11.2. The van der Waals surface area contributed by atoms with Gasteiger partial charge in [0.1, 0.15) is 0 Å². The number of nitrogens with zero attached hydrogens (tertiary/aromatic N) is 3. The van der Waals surface area contributed by atoms with Crippen molar-refractivity contribution in [2.24, 2.45) is 0 Å². The number of H-pyrrole nitrogens is 1. The first-order valence-corrected chi connectivity index (χ1v) is 9.68. The lowest BCUT2D eigenvalue weighted by Gasteiger charge is -2.15. The van der Waals surface area contributed by atoms with E-state index in [4.69, 9.17) is 0 Å².